The maximum absolute atomic E-state index is 11.8. The number of benzene rings is 3. The average molecular weight is 438 g/mol. The van der Waals surface area contributed by atoms with Crippen molar-refractivity contribution in [1.29, 1.82) is 0 Å². The lowest BCUT2D eigenvalue weighted by atomic mass is 10.1. The minimum Gasteiger partial charge on any atom is -0.388 e. The maximum Gasteiger partial charge on any atom is 0.175 e. The van der Waals surface area contributed by atoms with Crippen LogP contribution in [0.2, 0.25) is 5.02 Å². The van der Waals surface area contributed by atoms with Crippen molar-refractivity contribution in [2.45, 2.75) is 4.90 Å². The number of hydrogen-bond acceptors (Lipinski definition) is 4. The zero-order valence-electron chi connectivity index (χ0n) is 16.5. The maximum atomic E-state index is 11.8. The predicted octanol–water partition coefficient (Wildman–Crippen LogP) is 5.30. The van der Waals surface area contributed by atoms with Crippen LogP contribution in [-0.2, 0) is 9.84 Å². The van der Waals surface area contributed by atoms with Crippen LogP contribution in [0.25, 0.3) is 28.2 Å². The Kier molecular flexibility index (Phi) is 5.37. The largest absolute Gasteiger partial charge is 0.388 e. The van der Waals surface area contributed by atoms with E-state index in [2.05, 4.69) is 5.32 Å². The van der Waals surface area contributed by atoms with Gasteiger partial charge >= 0.3 is 0 Å². The highest BCUT2D eigenvalue weighted by atomic mass is 35.5. The molecule has 3 aromatic carbocycles. The van der Waals surface area contributed by atoms with E-state index in [0.29, 0.717) is 5.02 Å². The van der Waals surface area contributed by atoms with Crippen molar-refractivity contribution in [3.8, 4) is 28.2 Å². The molecule has 152 valence electrons. The first-order valence-corrected chi connectivity index (χ1v) is 11.6. The molecule has 1 aromatic heterocycles. The monoisotopic (exact) mass is 437 g/mol. The van der Waals surface area contributed by atoms with Crippen LogP contribution >= 0.6 is 11.6 Å². The lowest BCUT2D eigenvalue weighted by Gasteiger charge is -2.09. The second-order valence-corrected chi connectivity index (χ2v) is 9.38. The minimum atomic E-state index is -3.26. The lowest BCUT2D eigenvalue weighted by molar-refractivity contribution is 0.602. The Hall–Kier alpha value is -3.09. The van der Waals surface area contributed by atoms with Crippen molar-refractivity contribution < 1.29 is 8.42 Å². The van der Waals surface area contributed by atoms with Gasteiger partial charge in [0.1, 0.15) is 0 Å². The number of halogens is 1. The molecule has 5 nitrogen and oxygen atoms in total. The highest BCUT2D eigenvalue weighted by molar-refractivity contribution is 7.90. The van der Waals surface area contributed by atoms with E-state index in [-0.39, 0.29) is 4.90 Å². The van der Waals surface area contributed by atoms with Crippen molar-refractivity contribution in [3.63, 3.8) is 0 Å². The Morgan fingerprint density at radius 3 is 2.03 bits per heavy atom. The third-order valence-electron chi connectivity index (χ3n) is 4.83. The van der Waals surface area contributed by atoms with E-state index in [1.54, 1.807) is 24.3 Å². The van der Waals surface area contributed by atoms with Gasteiger partial charge in [0.15, 0.2) is 9.84 Å². The molecular formula is C23H20ClN3O2S. The molecule has 4 rings (SSSR count). The molecule has 7 heteroatoms. The van der Waals surface area contributed by atoms with Gasteiger partial charge in [0.25, 0.3) is 0 Å². The molecule has 0 aliphatic rings. The summed E-state index contributed by atoms with van der Waals surface area (Å²) in [5.74, 6) is 0. The first-order chi connectivity index (χ1) is 14.3. The fraction of sp³-hybridized carbons (Fsp3) is 0.0870. The second-order valence-electron chi connectivity index (χ2n) is 6.93. The van der Waals surface area contributed by atoms with Crippen molar-refractivity contribution in [3.05, 3.63) is 83.9 Å². The summed E-state index contributed by atoms with van der Waals surface area (Å²) in [4.78, 5) is 0.274. The van der Waals surface area contributed by atoms with E-state index in [4.69, 9.17) is 16.7 Å². The van der Waals surface area contributed by atoms with E-state index in [1.807, 2.05) is 66.3 Å². The molecule has 0 spiro atoms. The first kappa shape index (κ1) is 20.2. The molecule has 30 heavy (non-hydrogen) atoms. The number of hydrogen-bond donors (Lipinski definition) is 1. The second kappa shape index (κ2) is 7.97. The van der Waals surface area contributed by atoms with Gasteiger partial charge in [0, 0.05) is 35.1 Å². The Bertz CT molecular complexity index is 1280. The smallest absolute Gasteiger partial charge is 0.175 e. The van der Waals surface area contributed by atoms with E-state index in [0.717, 1.165) is 33.9 Å². The molecule has 0 amide bonds. The van der Waals surface area contributed by atoms with Crippen molar-refractivity contribution >= 4 is 27.1 Å². The molecule has 0 saturated heterocycles. The lowest BCUT2D eigenvalue weighted by Crippen LogP contribution is -2.01. The van der Waals surface area contributed by atoms with Gasteiger partial charge in [0.2, 0.25) is 0 Å². The molecule has 0 bridgehead atoms. The Balaban J connectivity index is 1.85. The van der Waals surface area contributed by atoms with Crippen molar-refractivity contribution in [2.24, 2.45) is 0 Å². The fourth-order valence-electron chi connectivity index (χ4n) is 3.19. The van der Waals surface area contributed by atoms with Gasteiger partial charge in [-0.3, -0.25) is 0 Å². The highest BCUT2D eigenvalue weighted by Gasteiger charge is 2.14. The Labute approximate surface area is 180 Å². The van der Waals surface area contributed by atoms with Crippen LogP contribution in [0.5, 0.6) is 0 Å². The summed E-state index contributed by atoms with van der Waals surface area (Å²) in [6.45, 7) is 0. The molecule has 1 N–H and O–H groups in total. The molecule has 0 aliphatic heterocycles. The van der Waals surface area contributed by atoms with E-state index >= 15 is 0 Å². The molecule has 0 saturated carbocycles. The van der Waals surface area contributed by atoms with E-state index in [1.165, 1.54) is 6.26 Å². The summed E-state index contributed by atoms with van der Waals surface area (Å²) in [5, 5.41) is 8.58. The number of nitrogens with zero attached hydrogens (tertiary/aromatic N) is 2. The first-order valence-electron chi connectivity index (χ1n) is 9.30. The molecule has 0 fully saturated rings. The topological polar surface area (TPSA) is 64.0 Å². The molecule has 1 heterocycles. The summed E-state index contributed by atoms with van der Waals surface area (Å²) in [7, 11) is -1.39. The number of sulfone groups is 1. The van der Waals surface area contributed by atoms with Gasteiger partial charge in [-0.05, 0) is 54.6 Å². The molecule has 0 aliphatic carbocycles. The summed E-state index contributed by atoms with van der Waals surface area (Å²) < 4.78 is 25.4. The number of nitrogens with one attached hydrogen (secondary N) is 1. The third kappa shape index (κ3) is 4.10. The van der Waals surface area contributed by atoms with Crippen molar-refractivity contribution in [1.82, 2.24) is 9.78 Å². The molecule has 0 atom stereocenters. The molecule has 4 aromatic rings. The van der Waals surface area contributed by atoms with Crippen LogP contribution in [0.4, 0.5) is 5.69 Å². The van der Waals surface area contributed by atoms with Gasteiger partial charge < -0.3 is 5.32 Å². The van der Waals surface area contributed by atoms with Crippen LogP contribution in [0, 0.1) is 0 Å². The normalized spacial score (nSPS) is 11.4. The average Bonchev–Trinajstić information content (AvgIpc) is 3.19. The van der Waals surface area contributed by atoms with Crippen LogP contribution in [-0.4, -0.2) is 31.5 Å². The summed E-state index contributed by atoms with van der Waals surface area (Å²) in [6.07, 6.45) is 1.20. The van der Waals surface area contributed by atoms with Gasteiger partial charge in [-0.2, -0.15) is 5.10 Å². The third-order valence-corrected chi connectivity index (χ3v) is 6.21. The summed E-state index contributed by atoms with van der Waals surface area (Å²) in [6, 6.07) is 24.3. The fourth-order valence-corrected chi connectivity index (χ4v) is 3.94. The van der Waals surface area contributed by atoms with Crippen molar-refractivity contribution in [2.75, 3.05) is 18.6 Å². The number of anilines is 1. The van der Waals surface area contributed by atoms with Crippen LogP contribution in [0.15, 0.2) is 83.8 Å². The van der Waals surface area contributed by atoms with E-state index in [9.17, 15) is 8.42 Å². The van der Waals surface area contributed by atoms with Gasteiger partial charge in [0.05, 0.1) is 22.0 Å². The van der Waals surface area contributed by atoms with Gasteiger partial charge in [-0.1, -0.05) is 35.9 Å². The van der Waals surface area contributed by atoms with Crippen LogP contribution in [0.1, 0.15) is 0 Å². The van der Waals surface area contributed by atoms with Gasteiger partial charge in [-0.25, -0.2) is 13.1 Å². The number of rotatable bonds is 5. The summed E-state index contributed by atoms with van der Waals surface area (Å²) >= 11 is 6.03. The zero-order valence-corrected chi connectivity index (χ0v) is 18.1. The van der Waals surface area contributed by atoms with Gasteiger partial charge in [-0.15, -0.1) is 0 Å². The molecular weight excluding hydrogens is 418 g/mol. The predicted molar refractivity (Wildman–Crippen MR) is 122 cm³/mol. The quantitative estimate of drug-likeness (QED) is 0.459. The molecule has 0 radical (unpaired) electrons. The zero-order chi connectivity index (χ0) is 21.3. The summed E-state index contributed by atoms with van der Waals surface area (Å²) in [5.41, 5.74) is 5.42. The standard InChI is InChI=1S/C23H20ClN3O2S/c1-25-19-9-5-17(6-10-19)23-15-22(16-3-7-18(24)8-4-16)26-27(23)20-11-13-21(14-12-20)30(2,28)29/h3-15,25H,1-2H3. The van der Waals surface area contributed by atoms with E-state index < -0.39 is 9.84 Å². The highest BCUT2D eigenvalue weighted by Crippen LogP contribution is 2.30. The van der Waals surface area contributed by atoms with Crippen LogP contribution in [0.3, 0.4) is 0 Å². The number of aromatic nitrogens is 2. The van der Waals surface area contributed by atoms with Crippen LogP contribution < -0.4 is 5.32 Å². The Morgan fingerprint density at radius 2 is 1.47 bits per heavy atom. The SMILES string of the molecule is CNc1ccc(-c2cc(-c3ccc(Cl)cc3)nn2-c2ccc(S(C)(=O)=O)cc2)cc1. The Morgan fingerprint density at radius 1 is 0.867 bits per heavy atom. The molecule has 0 unspecified atom stereocenters. The minimum absolute atomic E-state index is 0.274.